The standard InChI is InChI=1S/C23H29NO3S/c1-27-16-22-4-3-13-24(22)21-10-7-19-14-18(5-6-20(19)15-21)17-8-11-23(12-9-17)28(2,25)26/h5-6,8-9,11-12,14,21-22H,3-4,7,10,13,15-16H2,1-2H3. The first-order valence-corrected chi connectivity index (χ1v) is 12.0. The second-order valence-electron chi connectivity index (χ2n) is 8.17. The van der Waals surface area contributed by atoms with Crippen LogP contribution in [0.2, 0.25) is 0 Å². The third-order valence-corrected chi connectivity index (χ3v) is 7.40. The number of ether oxygens (including phenoxy) is 1. The third-order valence-electron chi connectivity index (χ3n) is 6.28. The van der Waals surface area contributed by atoms with Crippen molar-refractivity contribution in [2.24, 2.45) is 0 Å². The molecule has 4 nitrogen and oxygen atoms in total. The van der Waals surface area contributed by atoms with E-state index >= 15 is 0 Å². The maximum atomic E-state index is 11.7. The van der Waals surface area contributed by atoms with Gasteiger partial charge >= 0.3 is 0 Å². The van der Waals surface area contributed by atoms with Crippen LogP contribution in [-0.2, 0) is 27.4 Å². The van der Waals surface area contributed by atoms with Crippen LogP contribution in [0.3, 0.4) is 0 Å². The van der Waals surface area contributed by atoms with E-state index in [1.165, 1.54) is 43.2 Å². The Balaban J connectivity index is 1.51. The lowest BCUT2D eigenvalue weighted by atomic mass is 9.85. The SMILES string of the molecule is COCC1CCCN1C1CCc2cc(-c3ccc(S(C)(=O)=O)cc3)ccc2C1. The van der Waals surface area contributed by atoms with E-state index in [2.05, 4.69) is 23.1 Å². The summed E-state index contributed by atoms with van der Waals surface area (Å²) < 4.78 is 28.8. The molecular formula is C23H29NO3S. The molecule has 4 rings (SSSR count). The summed E-state index contributed by atoms with van der Waals surface area (Å²) in [6.07, 6.45) is 7.19. The van der Waals surface area contributed by atoms with Crippen LogP contribution in [0.15, 0.2) is 47.4 Å². The lowest BCUT2D eigenvalue weighted by Crippen LogP contribution is -2.44. The number of hydrogen-bond acceptors (Lipinski definition) is 4. The van der Waals surface area contributed by atoms with Gasteiger partial charge in [-0.25, -0.2) is 8.42 Å². The molecule has 1 aliphatic heterocycles. The molecule has 0 amide bonds. The van der Waals surface area contributed by atoms with Crippen molar-refractivity contribution < 1.29 is 13.2 Å². The topological polar surface area (TPSA) is 46.6 Å². The lowest BCUT2D eigenvalue weighted by molar-refractivity contribution is 0.0837. The van der Waals surface area contributed by atoms with Crippen molar-refractivity contribution in [2.45, 2.75) is 49.1 Å². The van der Waals surface area contributed by atoms with E-state index in [1.807, 2.05) is 12.1 Å². The maximum absolute atomic E-state index is 11.7. The van der Waals surface area contributed by atoms with Crippen molar-refractivity contribution in [3.05, 3.63) is 53.6 Å². The quantitative estimate of drug-likeness (QED) is 0.769. The highest BCUT2D eigenvalue weighted by Crippen LogP contribution is 2.32. The molecule has 5 heteroatoms. The van der Waals surface area contributed by atoms with Crippen molar-refractivity contribution in [3.8, 4) is 11.1 Å². The highest BCUT2D eigenvalue weighted by atomic mass is 32.2. The molecular weight excluding hydrogens is 370 g/mol. The zero-order valence-corrected chi connectivity index (χ0v) is 17.5. The number of fused-ring (bicyclic) bond motifs is 1. The second-order valence-corrected chi connectivity index (χ2v) is 10.2. The number of nitrogens with zero attached hydrogens (tertiary/aromatic N) is 1. The normalized spacial score (nSPS) is 22.9. The second kappa shape index (κ2) is 7.97. The minimum atomic E-state index is -3.15. The first-order valence-electron chi connectivity index (χ1n) is 10.1. The van der Waals surface area contributed by atoms with Crippen LogP contribution < -0.4 is 0 Å². The minimum Gasteiger partial charge on any atom is -0.383 e. The Bertz CT molecular complexity index is 937. The molecule has 0 saturated carbocycles. The van der Waals surface area contributed by atoms with Crippen LogP contribution in [0.1, 0.15) is 30.4 Å². The summed E-state index contributed by atoms with van der Waals surface area (Å²) >= 11 is 0. The van der Waals surface area contributed by atoms with Gasteiger partial charge in [-0.1, -0.05) is 30.3 Å². The Labute approximate surface area is 168 Å². The van der Waals surface area contributed by atoms with E-state index in [1.54, 1.807) is 19.2 Å². The van der Waals surface area contributed by atoms with Gasteiger partial charge in [0.15, 0.2) is 9.84 Å². The highest BCUT2D eigenvalue weighted by Gasteiger charge is 2.32. The molecule has 150 valence electrons. The average molecular weight is 400 g/mol. The molecule has 1 heterocycles. The van der Waals surface area contributed by atoms with Crippen molar-refractivity contribution in [1.29, 1.82) is 0 Å². The Hall–Kier alpha value is -1.69. The maximum Gasteiger partial charge on any atom is 0.175 e. The summed E-state index contributed by atoms with van der Waals surface area (Å²) in [6, 6.07) is 15.1. The number of aryl methyl sites for hydroxylation is 1. The predicted molar refractivity (Wildman–Crippen MR) is 112 cm³/mol. The van der Waals surface area contributed by atoms with Crippen molar-refractivity contribution >= 4 is 9.84 Å². The summed E-state index contributed by atoms with van der Waals surface area (Å²) in [5, 5.41) is 0. The van der Waals surface area contributed by atoms with Gasteiger partial charge in [-0.2, -0.15) is 0 Å². The van der Waals surface area contributed by atoms with Crippen molar-refractivity contribution in [1.82, 2.24) is 4.90 Å². The minimum absolute atomic E-state index is 0.369. The molecule has 0 radical (unpaired) electrons. The molecule has 2 aromatic carbocycles. The number of rotatable bonds is 5. The third kappa shape index (κ3) is 4.02. The van der Waals surface area contributed by atoms with E-state index in [0.717, 1.165) is 30.6 Å². The van der Waals surface area contributed by atoms with Crippen LogP contribution in [0, 0.1) is 0 Å². The molecule has 0 N–H and O–H groups in total. The zero-order valence-electron chi connectivity index (χ0n) is 16.7. The first kappa shape index (κ1) is 19.6. The van der Waals surface area contributed by atoms with E-state index in [9.17, 15) is 8.42 Å². The van der Waals surface area contributed by atoms with Gasteiger partial charge in [0.25, 0.3) is 0 Å². The molecule has 2 unspecified atom stereocenters. The van der Waals surface area contributed by atoms with Gasteiger partial charge in [0.05, 0.1) is 11.5 Å². The van der Waals surface area contributed by atoms with E-state index < -0.39 is 9.84 Å². The largest absolute Gasteiger partial charge is 0.383 e. The van der Waals surface area contributed by atoms with Gasteiger partial charge in [0.2, 0.25) is 0 Å². The number of methoxy groups -OCH3 is 1. The highest BCUT2D eigenvalue weighted by molar-refractivity contribution is 7.90. The van der Waals surface area contributed by atoms with E-state index in [-0.39, 0.29) is 0 Å². The molecule has 2 aromatic rings. The summed E-state index contributed by atoms with van der Waals surface area (Å²) in [4.78, 5) is 3.04. The molecule has 1 aliphatic carbocycles. The molecule has 2 atom stereocenters. The monoisotopic (exact) mass is 399 g/mol. The van der Waals surface area contributed by atoms with Crippen LogP contribution in [0.25, 0.3) is 11.1 Å². The summed E-state index contributed by atoms with van der Waals surface area (Å²) in [7, 11) is -1.35. The Morgan fingerprint density at radius 3 is 2.50 bits per heavy atom. The Morgan fingerprint density at radius 2 is 1.79 bits per heavy atom. The van der Waals surface area contributed by atoms with Gasteiger partial charge in [-0.15, -0.1) is 0 Å². The molecule has 0 aromatic heterocycles. The number of likely N-dealkylation sites (tertiary alicyclic amines) is 1. The molecule has 0 spiro atoms. The van der Waals surface area contributed by atoms with Gasteiger partial charge in [0, 0.05) is 25.4 Å². The fourth-order valence-corrected chi connectivity index (χ4v) is 5.43. The van der Waals surface area contributed by atoms with Crippen LogP contribution >= 0.6 is 0 Å². The smallest absolute Gasteiger partial charge is 0.175 e. The number of benzene rings is 2. The van der Waals surface area contributed by atoms with Crippen LogP contribution in [0.5, 0.6) is 0 Å². The van der Waals surface area contributed by atoms with Gasteiger partial charge in [0.1, 0.15) is 0 Å². The first-order chi connectivity index (χ1) is 13.5. The molecule has 1 saturated heterocycles. The summed E-state index contributed by atoms with van der Waals surface area (Å²) in [5.41, 5.74) is 5.12. The number of hydrogen-bond donors (Lipinski definition) is 0. The Morgan fingerprint density at radius 1 is 1.04 bits per heavy atom. The van der Waals surface area contributed by atoms with Crippen molar-refractivity contribution in [3.63, 3.8) is 0 Å². The molecule has 2 aliphatic rings. The zero-order chi connectivity index (χ0) is 19.7. The molecule has 0 bridgehead atoms. The summed E-state index contributed by atoms with van der Waals surface area (Å²) in [6.45, 7) is 2.03. The predicted octanol–water partition coefficient (Wildman–Crippen LogP) is 3.73. The fraction of sp³-hybridized carbons (Fsp3) is 0.478. The molecule has 28 heavy (non-hydrogen) atoms. The summed E-state index contributed by atoms with van der Waals surface area (Å²) in [5.74, 6) is 0. The van der Waals surface area contributed by atoms with Crippen LogP contribution in [-0.4, -0.2) is 51.9 Å². The Kier molecular flexibility index (Phi) is 5.59. The van der Waals surface area contributed by atoms with E-state index in [0.29, 0.717) is 17.0 Å². The fourth-order valence-electron chi connectivity index (χ4n) is 4.80. The average Bonchev–Trinajstić information content (AvgIpc) is 3.15. The molecule has 1 fully saturated rings. The van der Waals surface area contributed by atoms with Gasteiger partial charge < -0.3 is 4.74 Å². The number of sulfone groups is 1. The van der Waals surface area contributed by atoms with Gasteiger partial charge in [-0.05, 0) is 73.0 Å². The van der Waals surface area contributed by atoms with Gasteiger partial charge in [-0.3, -0.25) is 4.90 Å². The van der Waals surface area contributed by atoms with Crippen molar-refractivity contribution in [2.75, 3.05) is 26.5 Å². The van der Waals surface area contributed by atoms with E-state index in [4.69, 9.17) is 4.74 Å². The van der Waals surface area contributed by atoms with Crippen LogP contribution in [0.4, 0.5) is 0 Å². The lowest BCUT2D eigenvalue weighted by Gasteiger charge is -2.36.